The SMILES string of the molecule is Cc1cn2ncc(C(C)(C)C)cc2n1. The third kappa shape index (κ3) is 1.50. The molecule has 2 aromatic rings. The largest absolute Gasteiger partial charge is 0.232 e. The molecule has 0 aliphatic rings. The van der Waals surface area contributed by atoms with E-state index >= 15 is 0 Å². The molecule has 14 heavy (non-hydrogen) atoms. The Morgan fingerprint density at radius 1 is 1.29 bits per heavy atom. The molecule has 74 valence electrons. The first-order chi connectivity index (χ1) is 6.47. The quantitative estimate of drug-likeness (QED) is 0.636. The zero-order chi connectivity index (χ0) is 10.3. The lowest BCUT2D eigenvalue weighted by molar-refractivity contribution is 0.584. The fourth-order valence-corrected chi connectivity index (χ4v) is 1.41. The molecule has 0 N–H and O–H groups in total. The fraction of sp³-hybridized carbons (Fsp3) is 0.455. The van der Waals surface area contributed by atoms with Gasteiger partial charge >= 0.3 is 0 Å². The second-order valence-electron chi connectivity index (χ2n) is 4.68. The van der Waals surface area contributed by atoms with Crippen LogP contribution in [-0.2, 0) is 5.41 Å². The van der Waals surface area contributed by atoms with Gasteiger partial charge in [0.15, 0.2) is 5.65 Å². The van der Waals surface area contributed by atoms with Crippen LogP contribution < -0.4 is 0 Å². The van der Waals surface area contributed by atoms with Crippen LogP contribution in [0.4, 0.5) is 0 Å². The third-order valence-corrected chi connectivity index (χ3v) is 2.31. The number of hydrogen-bond donors (Lipinski definition) is 0. The van der Waals surface area contributed by atoms with Crippen molar-refractivity contribution < 1.29 is 0 Å². The van der Waals surface area contributed by atoms with E-state index in [4.69, 9.17) is 0 Å². The summed E-state index contributed by atoms with van der Waals surface area (Å²) >= 11 is 0. The second-order valence-corrected chi connectivity index (χ2v) is 4.68. The minimum absolute atomic E-state index is 0.134. The van der Waals surface area contributed by atoms with E-state index in [1.54, 1.807) is 0 Å². The Morgan fingerprint density at radius 2 is 2.00 bits per heavy atom. The summed E-state index contributed by atoms with van der Waals surface area (Å²) in [6.45, 7) is 8.51. The number of rotatable bonds is 0. The predicted molar refractivity (Wildman–Crippen MR) is 56.4 cm³/mol. The van der Waals surface area contributed by atoms with Crippen molar-refractivity contribution in [3.8, 4) is 0 Å². The van der Waals surface area contributed by atoms with Gasteiger partial charge in [-0.1, -0.05) is 20.8 Å². The summed E-state index contributed by atoms with van der Waals surface area (Å²) in [5.74, 6) is 0. The molecule has 0 aliphatic heterocycles. The average molecular weight is 189 g/mol. The van der Waals surface area contributed by atoms with E-state index in [1.165, 1.54) is 5.56 Å². The van der Waals surface area contributed by atoms with E-state index in [0.29, 0.717) is 0 Å². The van der Waals surface area contributed by atoms with E-state index in [2.05, 4.69) is 36.9 Å². The summed E-state index contributed by atoms with van der Waals surface area (Å²) in [6.07, 6.45) is 3.84. The first-order valence-electron chi connectivity index (χ1n) is 4.79. The molecule has 0 atom stereocenters. The van der Waals surface area contributed by atoms with Gasteiger partial charge in [0.25, 0.3) is 0 Å². The van der Waals surface area contributed by atoms with Gasteiger partial charge in [-0.25, -0.2) is 9.50 Å². The maximum absolute atomic E-state index is 4.39. The van der Waals surface area contributed by atoms with Crippen molar-refractivity contribution in [3.05, 3.63) is 29.7 Å². The maximum atomic E-state index is 4.39. The van der Waals surface area contributed by atoms with Crippen LogP contribution in [0.1, 0.15) is 32.0 Å². The number of imidazole rings is 1. The van der Waals surface area contributed by atoms with Gasteiger partial charge in [-0.15, -0.1) is 0 Å². The molecule has 3 nitrogen and oxygen atoms in total. The monoisotopic (exact) mass is 189 g/mol. The summed E-state index contributed by atoms with van der Waals surface area (Å²) in [6, 6.07) is 2.10. The zero-order valence-corrected chi connectivity index (χ0v) is 9.07. The highest BCUT2D eigenvalue weighted by atomic mass is 15.2. The summed E-state index contributed by atoms with van der Waals surface area (Å²) in [5, 5.41) is 4.32. The van der Waals surface area contributed by atoms with E-state index in [-0.39, 0.29) is 5.41 Å². The highest BCUT2D eigenvalue weighted by molar-refractivity contribution is 5.42. The Balaban J connectivity index is 2.62. The number of hydrogen-bond acceptors (Lipinski definition) is 2. The third-order valence-electron chi connectivity index (χ3n) is 2.31. The molecule has 0 bridgehead atoms. The first kappa shape index (κ1) is 9.19. The Morgan fingerprint density at radius 3 is 2.64 bits per heavy atom. The van der Waals surface area contributed by atoms with Crippen LogP contribution in [0.5, 0.6) is 0 Å². The van der Waals surface area contributed by atoms with Crippen LogP contribution in [-0.4, -0.2) is 14.6 Å². The van der Waals surface area contributed by atoms with Crippen molar-refractivity contribution in [2.24, 2.45) is 0 Å². The van der Waals surface area contributed by atoms with Gasteiger partial charge in [-0.05, 0) is 24.0 Å². The zero-order valence-electron chi connectivity index (χ0n) is 9.07. The minimum atomic E-state index is 0.134. The van der Waals surface area contributed by atoms with E-state index < -0.39 is 0 Å². The molecule has 2 heterocycles. The lowest BCUT2D eigenvalue weighted by Gasteiger charge is -2.17. The van der Waals surface area contributed by atoms with Gasteiger partial charge in [-0.3, -0.25) is 0 Å². The van der Waals surface area contributed by atoms with Crippen molar-refractivity contribution in [2.75, 3.05) is 0 Å². The van der Waals surface area contributed by atoms with Crippen molar-refractivity contribution in [3.63, 3.8) is 0 Å². The van der Waals surface area contributed by atoms with Crippen molar-refractivity contribution in [1.29, 1.82) is 0 Å². The first-order valence-corrected chi connectivity index (χ1v) is 4.79. The standard InChI is InChI=1S/C11H15N3/c1-8-7-14-10(13-8)5-9(6-12-14)11(2,3)4/h5-7H,1-4H3. The molecule has 2 rings (SSSR count). The molecule has 0 radical (unpaired) electrons. The Labute approximate surface area is 83.8 Å². The second kappa shape index (κ2) is 2.80. The van der Waals surface area contributed by atoms with Crippen molar-refractivity contribution >= 4 is 5.65 Å². The molecule has 0 aliphatic carbocycles. The van der Waals surface area contributed by atoms with E-state index in [9.17, 15) is 0 Å². The molecule has 0 aromatic carbocycles. The molecule has 0 fully saturated rings. The topological polar surface area (TPSA) is 30.2 Å². The van der Waals surface area contributed by atoms with Crippen molar-refractivity contribution in [2.45, 2.75) is 33.1 Å². The van der Waals surface area contributed by atoms with Crippen LogP contribution in [0.15, 0.2) is 18.5 Å². The number of nitrogens with zero attached hydrogens (tertiary/aromatic N) is 3. The number of aromatic nitrogens is 3. The normalized spacial score (nSPS) is 12.3. The summed E-state index contributed by atoms with van der Waals surface area (Å²) < 4.78 is 1.81. The fourth-order valence-electron chi connectivity index (χ4n) is 1.41. The number of fused-ring (bicyclic) bond motifs is 1. The molecule has 0 amide bonds. The molecular formula is C11H15N3. The van der Waals surface area contributed by atoms with Crippen molar-refractivity contribution in [1.82, 2.24) is 14.6 Å². The van der Waals surface area contributed by atoms with E-state index in [1.807, 2.05) is 23.8 Å². The van der Waals surface area contributed by atoms with Crippen LogP contribution >= 0.6 is 0 Å². The lowest BCUT2D eigenvalue weighted by atomic mass is 9.89. The van der Waals surface area contributed by atoms with Gasteiger partial charge in [0, 0.05) is 0 Å². The highest BCUT2D eigenvalue weighted by Crippen LogP contribution is 2.21. The van der Waals surface area contributed by atoms with Gasteiger partial charge in [-0.2, -0.15) is 5.10 Å². The molecule has 0 saturated carbocycles. The Bertz CT molecular complexity index is 463. The highest BCUT2D eigenvalue weighted by Gasteiger charge is 2.14. The molecule has 0 unspecified atom stereocenters. The molecule has 0 saturated heterocycles. The predicted octanol–water partition coefficient (Wildman–Crippen LogP) is 2.34. The Hall–Kier alpha value is -1.38. The lowest BCUT2D eigenvalue weighted by Crippen LogP contribution is -2.12. The summed E-state index contributed by atoms with van der Waals surface area (Å²) in [4.78, 5) is 4.39. The minimum Gasteiger partial charge on any atom is -0.232 e. The van der Waals surface area contributed by atoms with Gasteiger partial charge in [0.2, 0.25) is 0 Å². The molecule has 2 aromatic heterocycles. The molecule has 3 heteroatoms. The van der Waals surface area contributed by atoms with Gasteiger partial charge < -0.3 is 0 Å². The van der Waals surface area contributed by atoms with Gasteiger partial charge in [0.1, 0.15) is 0 Å². The molecule has 0 spiro atoms. The van der Waals surface area contributed by atoms with Crippen LogP contribution in [0, 0.1) is 6.92 Å². The Kier molecular flexibility index (Phi) is 1.84. The van der Waals surface area contributed by atoms with Crippen LogP contribution in [0.2, 0.25) is 0 Å². The summed E-state index contributed by atoms with van der Waals surface area (Å²) in [7, 11) is 0. The van der Waals surface area contributed by atoms with Crippen LogP contribution in [0.3, 0.4) is 0 Å². The van der Waals surface area contributed by atoms with Gasteiger partial charge in [0.05, 0.1) is 18.1 Å². The summed E-state index contributed by atoms with van der Waals surface area (Å²) in [5.41, 5.74) is 3.28. The maximum Gasteiger partial charge on any atom is 0.154 e. The smallest absolute Gasteiger partial charge is 0.154 e. The number of aryl methyl sites for hydroxylation is 1. The average Bonchev–Trinajstić information content (AvgIpc) is 2.41. The van der Waals surface area contributed by atoms with Crippen LogP contribution in [0.25, 0.3) is 5.65 Å². The van der Waals surface area contributed by atoms with E-state index in [0.717, 1.165) is 11.3 Å². The molecular weight excluding hydrogens is 174 g/mol.